The molecular weight excluding hydrogens is 90.1 g/mol. The fourth-order valence-electron chi connectivity index (χ4n) is 0.357. The van der Waals surface area contributed by atoms with E-state index < -0.39 is 0 Å². The highest BCUT2D eigenvalue weighted by Crippen LogP contribution is 1.72. The first kappa shape index (κ1) is 4.18. The van der Waals surface area contributed by atoms with Gasteiger partial charge in [0.15, 0.2) is 0 Å². The maximum Gasteiger partial charge on any atom is 0.115 e. The summed E-state index contributed by atoms with van der Waals surface area (Å²) >= 11 is 0. The van der Waals surface area contributed by atoms with Gasteiger partial charge in [-0.1, -0.05) is 0 Å². The molecule has 3 heteroatoms. The standard InChI is InChI=1S/C4H6N3/c1-5-7-4-2-3-6-7/h2,4-5H,1H3. The molecule has 0 spiro atoms. The molecule has 0 aliphatic rings. The highest BCUT2D eigenvalue weighted by molar-refractivity contribution is 4.77. The molecule has 1 aromatic rings. The van der Waals surface area contributed by atoms with Gasteiger partial charge in [0, 0.05) is 13.2 Å². The molecule has 0 bridgehead atoms. The van der Waals surface area contributed by atoms with Crippen LogP contribution in [0, 0.1) is 6.20 Å². The molecule has 0 atom stereocenters. The van der Waals surface area contributed by atoms with Crippen molar-refractivity contribution in [1.82, 2.24) is 9.89 Å². The second-order valence-electron chi connectivity index (χ2n) is 1.11. The lowest BCUT2D eigenvalue weighted by Gasteiger charge is -1.92. The number of nitrogens with one attached hydrogen (secondary N) is 1. The summed E-state index contributed by atoms with van der Waals surface area (Å²) < 4.78 is 0. The second-order valence-corrected chi connectivity index (χ2v) is 1.11. The Balaban J connectivity index is 2.76. The topological polar surface area (TPSA) is 29.9 Å². The van der Waals surface area contributed by atoms with E-state index in [-0.39, 0.29) is 0 Å². The first-order chi connectivity index (χ1) is 3.43. The van der Waals surface area contributed by atoms with Crippen LogP contribution in [0.25, 0.3) is 0 Å². The molecule has 3 nitrogen and oxygen atoms in total. The minimum absolute atomic E-state index is 1.57. The SMILES string of the molecule is CNn1cc[c]n1. The van der Waals surface area contributed by atoms with Crippen LogP contribution >= 0.6 is 0 Å². The molecule has 0 saturated heterocycles. The van der Waals surface area contributed by atoms with Crippen molar-refractivity contribution in [2.75, 3.05) is 12.5 Å². The molecule has 1 aromatic heterocycles. The summed E-state index contributed by atoms with van der Waals surface area (Å²) in [6, 6.07) is 1.73. The second kappa shape index (κ2) is 1.64. The van der Waals surface area contributed by atoms with Crippen molar-refractivity contribution in [1.29, 1.82) is 0 Å². The molecular formula is C4H6N3. The van der Waals surface area contributed by atoms with Crippen molar-refractivity contribution < 1.29 is 0 Å². The zero-order valence-electron chi connectivity index (χ0n) is 4.05. The van der Waals surface area contributed by atoms with E-state index in [0.29, 0.717) is 0 Å². The minimum Gasteiger partial charge on any atom is -0.313 e. The molecule has 1 heterocycles. The van der Waals surface area contributed by atoms with E-state index in [0.717, 1.165) is 0 Å². The van der Waals surface area contributed by atoms with Crippen molar-refractivity contribution in [3.63, 3.8) is 0 Å². The van der Waals surface area contributed by atoms with E-state index in [1.807, 2.05) is 0 Å². The van der Waals surface area contributed by atoms with E-state index in [9.17, 15) is 0 Å². The Bertz CT molecular complexity index is 121. The third-order valence-electron chi connectivity index (χ3n) is 0.685. The molecule has 7 heavy (non-hydrogen) atoms. The quantitative estimate of drug-likeness (QED) is 0.527. The summed E-state index contributed by atoms with van der Waals surface area (Å²) in [5.41, 5.74) is 2.78. The average molecular weight is 96.1 g/mol. The minimum atomic E-state index is 1.57. The molecule has 0 unspecified atom stereocenters. The largest absolute Gasteiger partial charge is 0.313 e. The molecule has 0 aliphatic carbocycles. The number of aromatic nitrogens is 2. The van der Waals surface area contributed by atoms with Gasteiger partial charge in [0.1, 0.15) is 6.20 Å². The predicted octanol–water partition coefficient (Wildman–Crippen LogP) is -0.143. The van der Waals surface area contributed by atoms with Gasteiger partial charge in [-0.3, -0.25) is 0 Å². The Hall–Kier alpha value is -0.990. The van der Waals surface area contributed by atoms with Crippen LogP contribution in [0.5, 0.6) is 0 Å². The van der Waals surface area contributed by atoms with Gasteiger partial charge in [-0.15, -0.1) is 0 Å². The Labute approximate surface area is 41.9 Å². The molecule has 1 rings (SSSR count). The van der Waals surface area contributed by atoms with Crippen LogP contribution in [0.3, 0.4) is 0 Å². The molecule has 37 valence electrons. The van der Waals surface area contributed by atoms with Crippen LogP contribution in [0.2, 0.25) is 0 Å². The third kappa shape index (κ3) is 0.707. The van der Waals surface area contributed by atoms with Gasteiger partial charge in [-0.25, -0.2) is 0 Å². The maximum atomic E-state index is 3.72. The summed E-state index contributed by atoms with van der Waals surface area (Å²) in [4.78, 5) is 1.57. The highest BCUT2D eigenvalue weighted by atomic mass is 15.5. The fraction of sp³-hybridized carbons (Fsp3) is 0.250. The van der Waals surface area contributed by atoms with Gasteiger partial charge >= 0.3 is 0 Å². The van der Waals surface area contributed by atoms with Crippen LogP contribution < -0.4 is 5.43 Å². The summed E-state index contributed by atoms with van der Waals surface area (Å²) in [6.45, 7) is 0. The van der Waals surface area contributed by atoms with Crippen LogP contribution in [-0.2, 0) is 0 Å². The van der Waals surface area contributed by atoms with Crippen molar-refractivity contribution in [3.05, 3.63) is 18.5 Å². The molecule has 0 amide bonds. The first-order valence-corrected chi connectivity index (χ1v) is 2.03. The molecule has 0 aliphatic heterocycles. The Morgan fingerprint density at radius 1 is 1.86 bits per heavy atom. The van der Waals surface area contributed by atoms with Crippen molar-refractivity contribution in [3.8, 4) is 0 Å². The van der Waals surface area contributed by atoms with Gasteiger partial charge in [-0.2, -0.15) is 9.89 Å². The zero-order valence-corrected chi connectivity index (χ0v) is 4.05. The summed E-state index contributed by atoms with van der Waals surface area (Å²) in [5, 5.41) is 3.72. The van der Waals surface area contributed by atoms with Gasteiger partial charge < -0.3 is 5.43 Å². The Morgan fingerprint density at radius 3 is 3.00 bits per heavy atom. The maximum absolute atomic E-state index is 3.72. The molecule has 0 aromatic carbocycles. The van der Waals surface area contributed by atoms with Crippen molar-refractivity contribution in [2.24, 2.45) is 0 Å². The van der Waals surface area contributed by atoms with E-state index >= 15 is 0 Å². The lowest BCUT2D eigenvalue weighted by molar-refractivity contribution is 0.780. The first-order valence-electron chi connectivity index (χ1n) is 2.03. The van der Waals surface area contributed by atoms with E-state index in [4.69, 9.17) is 0 Å². The van der Waals surface area contributed by atoms with Gasteiger partial charge in [0.2, 0.25) is 0 Å². The number of rotatable bonds is 1. The van der Waals surface area contributed by atoms with Gasteiger partial charge in [0.25, 0.3) is 0 Å². The van der Waals surface area contributed by atoms with Crippen molar-refractivity contribution in [2.45, 2.75) is 0 Å². The van der Waals surface area contributed by atoms with Crippen molar-refractivity contribution >= 4 is 0 Å². The summed E-state index contributed by atoms with van der Waals surface area (Å²) in [7, 11) is 1.79. The lowest BCUT2D eigenvalue weighted by Crippen LogP contribution is -2.07. The number of nitrogens with zero attached hydrogens (tertiary/aromatic N) is 2. The zero-order chi connectivity index (χ0) is 5.11. The fourth-order valence-corrected chi connectivity index (χ4v) is 0.357. The van der Waals surface area contributed by atoms with Gasteiger partial charge in [-0.05, 0) is 6.07 Å². The smallest absolute Gasteiger partial charge is 0.115 e. The lowest BCUT2D eigenvalue weighted by atomic mass is 10.8. The van der Waals surface area contributed by atoms with E-state index in [1.54, 1.807) is 24.1 Å². The highest BCUT2D eigenvalue weighted by Gasteiger charge is 1.76. The third-order valence-corrected chi connectivity index (χ3v) is 0.685. The monoisotopic (exact) mass is 96.1 g/mol. The molecule has 0 fully saturated rings. The Morgan fingerprint density at radius 2 is 2.71 bits per heavy atom. The normalized spacial score (nSPS) is 8.71. The van der Waals surface area contributed by atoms with Crippen LogP contribution in [-0.4, -0.2) is 16.9 Å². The Kier molecular flexibility index (Phi) is 0.978. The van der Waals surface area contributed by atoms with Crippen LogP contribution in [0.1, 0.15) is 0 Å². The summed E-state index contributed by atoms with van der Waals surface area (Å²) in [6.07, 6.45) is 4.41. The summed E-state index contributed by atoms with van der Waals surface area (Å²) in [5.74, 6) is 0. The molecule has 0 saturated carbocycles. The number of hydrogen-bond acceptors (Lipinski definition) is 2. The molecule has 1 N–H and O–H groups in total. The average Bonchev–Trinajstić information content (AvgIpc) is 2.14. The van der Waals surface area contributed by atoms with E-state index in [2.05, 4.69) is 16.7 Å². The molecule has 1 radical (unpaired) electrons. The number of hydrogen-bond donors (Lipinski definition) is 1. The van der Waals surface area contributed by atoms with Crippen LogP contribution in [0.15, 0.2) is 12.3 Å². The van der Waals surface area contributed by atoms with E-state index in [1.165, 1.54) is 0 Å². The van der Waals surface area contributed by atoms with Gasteiger partial charge in [0.05, 0.1) is 0 Å². The van der Waals surface area contributed by atoms with Crippen LogP contribution in [0.4, 0.5) is 0 Å². The predicted molar refractivity (Wildman–Crippen MR) is 26.3 cm³/mol.